The molecule has 0 aliphatic heterocycles. The van der Waals surface area contributed by atoms with Gasteiger partial charge in [-0.25, -0.2) is 9.79 Å². The van der Waals surface area contributed by atoms with Crippen molar-refractivity contribution in [2.45, 2.75) is 13.3 Å². The fourth-order valence-corrected chi connectivity index (χ4v) is 1.15. The molecular formula is C4H10O3P+. The Labute approximate surface area is 48.8 Å². The van der Waals surface area contributed by atoms with Gasteiger partial charge in [0.25, 0.3) is 0 Å². The number of carbonyl (C=O) groups is 1. The van der Waals surface area contributed by atoms with E-state index < -0.39 is 7.72 Å². The van der Waals surface area contributed by atoms with Crippen molar-refractivity contribution in [2.75, 3.05) is 6.16 Å². The van der Waals surface area contributed by atoms with E-state index in [1.54, 1.807) is 6.92 Å². The lowest BCUT2D eigenvalue weighted by molar-refractivity contribution is 0.457. The quantitative estimate of drug-likeness (QED) is 0.437. The van der Waals surface area contributed by atoms with E-state index in [-0.39, 0.29) is 12.2 Å². The summed E-state index contributed by atoms with van der Waals surface area (Å²) in [4.78, 5) is 27.0. The molecule has 0 amide bonds. The van der Waals surface area contributed by atoms with E-state index in [1.165, 1.54) is 0 Å². The molecule has 0 aliphatic carbocycles. The molecule has 0 saturated heterocycles. The highest BCUT2D eigenvalue weighted by Crippen LogP contribution is 2.46. The summed E-state index contributed by atoms with van der Waals surface area (Å²) in [6.45, 7) is 1.80. The molecule has 0 radical (unpaired) electrons. The average Bonchev–Trinajstić information content (AvgIpc) is 1.67. The lowest BCUT2D eigenvalue weighted by Gasteiger charge is -1.99. The van der Waals surface area contributed by atoms with Crippen molar-refractivity contribution in [1.82, 2.24) is 0 Å². The summed E-state index contributed by atoms with van der Waals surface area (Å²) < 4.78 is 0. The molecule has 0 atom stereocenters. The van der Waals surface area contributed by atoms with Gasteiger partial charge in [0.15, 0.2) is 0 Å². The highest BCUT2D eigenvalue weighted by Gasteiger charge is 2.30. The van der Waals surface area contributed by atoms with Crippen molar-refractivity contribution in [3.8, 4) is 0 Å². The first-order valence-electron chi connectivity index (χ1n) is 2.42. The summed E-state index contributed by atoms with van der Waals surface area (Å²) in [5.41, 5.74) is 0. The zero-order valence-electron chi connectivity index (χ0n) is 4.74. The van der Waals surface area contributed by atoms with Gasteiger partial charge in [0, 0.05) is 0 Å². The van der Waals surface area contributed by atoms with Crippen molar-refractivity contribution in [3.63, 3.8) is 0 Å². The summed E-state index contributed by atoms with van der Waals surface area (Å²) in [6, 6.07) is 0.247. The van der Waals surface area contributed by atoms with Crippen molar-refractivity contribution < 1.29 is 14.6 Å². The van der Waals surface area contributed by atoms with Crippen LogP contribution in [0.15, 0.2) is 0 Å². The monoisotopic (exact) mass is 137 g/mol. The maximum absolute atomic E-state index is 9.77. The van der Waals surface area contributed by atoms with Crippen LogP contribution in [0.25, 0.3) is 0 Å². The summed E-state index contributed by atoms with van der Waals surface area (Å²) in [5, 5.41) is 0. The Kier molecular flexibility index (Phi) is 3.13. The topological polar surface area (TPSA) is 57.5 Å². The van der Waals surface area contributed by atoms with Crippen LogP contribution in [0.2, 0.25) is 0 Å². The maximum Gasteiger partial charge on any atom is 0.333 e. The number of rotatable bonds is 3. The lowest BCUT2D eigenvalue weighted by Crippen LogP contribution is -1.95. The number of hydrogen-bond donors (Lipinski definition) is 2. The zero-order valence-corrected chi connectivity index (χ0v) is 5.64. The molecule has 0 aliphatic rings. The highest BCUT2D eigenvalue weighted by atomic mass is 31.2. The second-order valence-corrected chi connectivity index (χ2v) is 3.84. The second kappa shape index (κ2) is 3.13. The molecule has 0 aromatic rings. The minimum atomic E-state index is -3.10. The molecule has 0 fully saturated rings. The van der Waals surface area contributed by atoms with E-state index in [0.717, 1.165) is 0 Å². The molecule has 4 heteroatoms. The molecule has 8 heavy (non-hydrogen) atoms. The molecule has 48 valence electrons. The Morgan fingerprint density at radius 3 is 2.25 bits per heavy atom. The van der Waals surface area contributed by atoms with Gasteiger partial charge in [-0.2, -0.15) is 0 Å². The number of carbonyl (C=O) groups excluding carboxylic acids is 1. The first kappa shape index (κ1) is 8.02. The Morgan fingerprint density at radius 2 is 2.12 bits per heavy atom. The molecule has 0 aromatic heterocycles. The first-order chi connectivity index (χ1) is 3.62. The van der Waals surface area contributed by atoms with Crippen molar-refractivity contribution >= 4 is 13.7 Å². The Hall–Kier alpha value is 0.0200. The molecule has 0 bridgehead atoms. The normalized spacial score (nSPS) is 11.4. The fourth-order valence-electron chi connectivity index (χ4n) is 0.382. The highest BCUT2D eigenvalue weighted by molar-refractivity contribution is 7.78. The van der Waals surface area contributed by atoms with E-state index in [2.05, 4.69) is 0 Å². The smallest absolute Gasteiger partial charge is 0.251 e. The van der Waals surface area contributed by atoms with Gasteiger partial charge in [0.1, 0.15) is 6.16 Å². The van der Waals surface area contributed by atoms with E-state index in [9.17, 15) is 4.79 Å². The Bertz CT molecular complexity index is 81.4. The van der Waals surface area contributed by atoms with Crippen molar-refractivity contribution in [3.05, 3.63) is 0 Å². The summed E-state index contributed by atoms with van der Waals surface area (Å²) >= 11 is 0. The maximum atomic E-state index is 9.77. The minimum absolute atomic E-state index is 0.219. The van der Waals surface area contributed by atoms with E-state index in [4.69, 9.17) is 9.79 Å². The standard InChI is InChI=1S/C4H10O3P/c1-2-3-8(6,7)4-5/h4,6-7H,2-3H2,1H3/q+1. The third kappa shape index (κ3) is 3.08. The van der Waals surface area contributed by atoms with Crippen LogP contribution in [-0.2, 0) is 4.79 Å². The van der Waals surface area contributed by atoms with Gasteiger partial charge >= 0.3 is 13.7 Å². The molecule has 0 heterocycles. The van der Waals surface area contributed by atoms with Gasteiger partial charge < -0.3 is 0 Å². The molecule has 3 nitrogen and oxygen atoms in total. The molecule has 0 rings (SSSR count). The second-order valence-electron chi connectivity index (χ2n) is 1.61. The van der Waals surface area contributed by atoms with Crippen LogP contribution in [0.1, 0.15) is 13.3 Å². The Morgan fingerprint density at radius 1 is 1.62 bits per heavy atom. The minimum Gasteiger partial charge on any atom is -0.251 e. The van der Waals surface area contributed by atoms with E-state index >= 15 is 0 Å². The first-order valence-corrected chi connectivity index (χ1v) is 4.37. The summed E-state index contributed by atoms with van der Waals surface area (Å²) in [7, 11) is -3.10. The van der Waals surface area contributed by atoms with Crippen LogP contribution >= 0.6 is 7.72 Å². The van der Waals surface area contributed by atoms with Gasteiger partial charge in [0.2, 0.25) is 0 Å². The third-order valence-corrected chi connectivity index (χ3v) is 2.16. The largest absolute Gasteiger partial charge is 0.333 e. The molecule has 0 aromatic carbocycles. The summed E-state index contributed by atoms with van der Waals surface area (Å²) in [6.07, 6.45) is 0.857. The van der Waals surface area contributed by atoms with Gasteiger partial charge in [-0.05, 0) is 6.42 Å². The molecule has 0 unspecified atom stereocenters. The van der Waals surface area contributed by atoms with Crippen LogP contribution in [0.4, 0.5) is 0 Å². The van der Waals surface area contributed by atoms with Crippen LogP contribution < -0.4 is 0 Å². The van der Waals surface area contributed by atoms with Gasteiger partial charge in [-0.15, -0.1) is 0 Å². The lowest BCUT2D eigenvalue weighted by atomic mass is 10.6. The van der Waals surface area contributed by atoms with Crippen LogP contribution in [0.5, 0.6) is 0 Å². The number of hydrogen-bond acceptors (Lipinski definition) is 3. The van der Waals surface area contributed by atoms with Gasteiger partial charge in [-0.3, -0.25) is 4.79 Å². The SMILES string of the molecule is CCC[P+](O)(O)C=O. The molecule has 0 saturated carbocycles. The molecule has 0 spiro atoms. The predicted molar refractivity (Wildman–Crippen MR) is 33.3 cm³/mol. The van der Waals surface area contributed by atoms with Crippen LogP contribution in [0, 0.1) is 0 Å². The summed E-state index contributed by atoms with van der Waals surface area (Å²) in [5.74, 6) is 0. The van der Waals surface area contributed by atoms with Gasteiger partial charge in [-0.1, -0.05) is 6.92 Å². The van der Waals surface area contributed by atoms with Gasteiger partial charge in [0.05, 0.1) is 0 Å². The predicted octanol–water partition coefficient (Wildman–Crippen LogP) is 0.419. The average molecular weight is 137 g/mol. The fraction of sp³-hybridized carbons (Fsp3) is 0.750. The van der Waals surface area contributed by atoms with Crippen molar-refractivity contribution in [1.29, 1.82) is 0 Å². The molecular weight excluding hydrogens is 127 g/mol. The van der Waals surface area contributed by atoms with Crippen LogP contribution in [-0.4, -0.2) is 22.0 Å². The van der Waals surface area contributed by atoms with Crippen molar-refractivity contribution in [2.24, 2.45) is 0 Å². The third-order valence-electron chi connectivity index (χ3n) is 0.722. The zero-order chi connectivity index (χ0) is 6.62. The van der Waals surface area contributed by atoms with Crippen LogP contribution in [0.3, 0.4) is 0 Å². The Balaban J connectivity index is 3.53. The van der Waals surface area contributed by atoms with E-state index in [1.807, 2.05) is 0 Å². The van der Waals surface area contributed by atoms with E-state index in [0.29, 0.717) is 6.42 Å². The molecule has 2 N–H and O–H groups in total.